The molecule has 1 aromatic heterocycles. The predicted octanol–water partition coefficient (Wildman–Crippen LogP) is 1.49. The molecule has 2 saturated heterocycles. The molecule has 2 N–H and O–H groups in total. The highest BCUT2D eigenvalue weighted by atomic mass is 127. The summed E-state index contributed by atoms with van der Waals surface area (Å²) in [5, 5.41) is 0. The maximum atomic E-state index is 13.1. The largest absolute Gasteiger partial charge is 0.370 e. The molecule has 31 heavy (non-hydrogen) atoms. The van der Waals surface area contributed by atoms with Crippen molar-refractivity contribution in [1.82, 2.24) is 19.8 Å². The van der Waals surface area contributed by atoms with Gasteiger partial charge >= 0.3 is 0 Å². The number of benzene rings is 1. The molecule has 2 aromatic rings. The lowest BCUT2D eigenvalue weighted by atomic mass is 10.2. The summed E-state index contributed by atoms with van der Waals surface area (Å²) in [5.74, 6) is 1.22. The highest BCUT2D eigenvalue weighted by molar-refractivity contribution is 14.0. The first-order valence-corrected chi connectivity index (χ1v) is 10.5. The molecular weight excluding hydrogens is 510 g/mol. The van der Waals surface area contributed by atoms with Crippen molar-refractivity contribution < 1.29 is 4.39 Å². The Morgan fingerprint density at radius 2 is 1.52 bits per heavy atom. The molecule has 2 aliphatic rings. The van der Waals surface area contributed by atoms with E-state index in [0.29, 0.717) is 12.5 Å². The SMILES string of the molecule is I.NC(=NCCN1CCN(c2ncccn2)CC1)N1CCN(c2ccc(F)cc2)CC1. The van der Waals surface area contributed by atoms with Crippen molar-refractivity contribution >= 4 is 41.6 Å². The van der Waals surface area contributed by atoms with Crippen molar-refractivity contribution in [2.45, 2.75) is 0 Å². The van der Waals surface area contributed by atoms with Crippen molar-refractivity contribution in [3.63, 3.8) is 0 Å². The second-order valence-corrected chi connectivity index (χ2v) is 7.57. The number of nitrogens with two attached hydrogens (primary N) is 1. The lowest BCUT2D eigenvalue weighted by Crippen LogP contribution is -2.51. The Kier molecular flexibility index (Phi) is 8.64. The number of hydrogen-bond donors (Lipinski definition) is 1. The van der Waals surface area contributed by atoms with E-state index in [-0.39, 0.29) is 29.8 Å². The zero-order chi connectivity index (χ0) is 20.8. The van der Waals surface area contributed by atoms with Gasteiger partial charge in [0.15, 0.2) is 5.96 Å². The van der Waals surface area contributed by atoms with E-state index in [9.17, 15) is 4.39 Å². The van der Waals surface area contributed by atoms with E-state index in [2.05, 4.69) is 34.6 Å². The van der Waals surface area contributed by atoms with Gasteiger partial charge in [0.05, 0.1) is 6.54 Å². The molecule has 0 aliphatic carbocycles. The summed E-state index contributed by atoms with van der Waals surface area (Å²) in [6.07, 6.45) is 3.57. The quantitative estimate of drug-likeness (QED) is 0.350. The third-order valence-corrected chi connectivity index (χ3v) is 5.69. The van der Waals surface area contributed by atoms with E-state index >= 15 is 0 Å². The number of piperazine rings is 2. The van der Waals surface area contributed by atoms with Crippen LogP contribution in [0.3, 0.4) is 0 Å². The topological polar surface area (TPSA) is 77.1 Å². The molecule has 2 aliphatic heterocycles. The van der Waals surface area contributed by atoms with Gasteiger partial charge in [0.2, 0.25) is 5.95 Å². The molecule has 0 bridgehead atoms. The molecule has 0 amide bonds. The second-order valence-electron chi connectivity index (χ2n) is 7.57. The molecule has 10 heteroatoms. The van der Waals surface area contributed by atoms with Gasteiger partial charge in [-0.3, -0.25) is 9.89 Å². The monoisotopic (exact) mass is 540 g/mol. The molecule has 168 valence electrons. The number of halogens is 2. The Hall–Kier alpha value is -2.21. The van der Waals surface area contributed by atoms with Gasteiger partial charge in [-0.1, -0.05) is 0 Å². The van der Waals surface area contributed by atoms with Crippen LogP contribution < -0.4 is 15.5 Å². The van der Waals surface area contributed by atoms with Crippen LogP contribution >= 0.6 is 24.0 Å². The molecule has 0 unspecified atom stereocenters. The minimum absolute atomic E-state index is 0. The number of rotatable bonds is 5. The van der Waals surface area contributed by atoms with Gasteiger partial charge in [0.1, 0.15) is 5.82 Å². The van der Waals surface area contributed by atoms with Crippen LogP contribution in [-0.4, -0.2) is 91.2 Å². The van der Waals surface area contributed by atoms with E-state index in [4.69, 9.17) is 5.73 Å². The summed E-state index contributed by atoms with van der Waals surface area (Å²) in [7, 11) is 0. The van der Waals surface area contributed by atoms with Crippen LogP contribution in [0.2, 0.25) is 0 Å². The van der Waals surface area contributed by atoms with E-state index < -0.39 is 0 Å². The Morgan fingerprint density at radius 3 is 2.16 bits per heavy atom. The van der Waals surface area contributed by atoms with Crippen molar-refractivity contribution in [1.29, 1.82) is 0 Å². The number of aromatic nitrogens is 2. The lowest BCUT2D eigenvalue weighted by Gasteiger charge is -2.37. The summed E-state index contributed by atoms with van der Waals surface area (Å²) in [5.41, 5.74) is 7.28. The number of anilines is 2. The van der Waals surface area contributed by atoms with E-state index in [0.717, 1.165) is 70.5 Å². The maximum absolute atomic E-state index is 13.1. The molecule has 0 spiro atoms. The van der Waals surface area contributed by atoms with Gasteiger partial charge in [-0.05, 0) is 30.3 Å². The van der Waals surface area contributed by atoms with Crippen LogP contribution in [0.4, 0.5) is 16.0 Å². The van der Waals surface area contributed by atoms with Gasteiger partial charge in [0, 0.05) is 77.0 Å². The van der Waals surface area contributed by atoms with Crippen LogP contribution in [0.5, 0.6) is 0 Å². The molecule has 4 rings (SSSR count). The normalized spacial score (nSPS) is 18.1. The molecule has 3 heterocycles. The molecular formula is C21H30FIN8. The Balaban J connectivity index is 0.00000272. The Bertz CT molecular complexity index is 819. The highest BCUT2D eigenvalue weighted by Gasteiger charge is 2.20. The summed E-state index contributed by atoms with van der Waals surface area (Å²) in [4.78, 5) is 22.3. The Morgan fingerprint density at radius 1 is 0.903 bits per heavy atom. The molecule has 0 radical (unpaired) electrons. The van der Waals surface area contributed by atoms with Crippen LogP contribution in [-0.2, 0) is 0 Å². The van der Waals surface area contributed by atoms with Crippen molar-refractivity contribution in [2.24, 2.45) is 10.7 Å². The summed E-state index contributed by atoms with van der Waals surface area (Å²) < 4.78 is 13.1. The molecule has 1 aromatic carbocycles. The molecule has 8 nitrogen and oxygen atoms in total. The minimum Gasteiger partial charge on any atom is -0.370 e. The fourth-order valence-corrected chi connectivity index (χ4v) is 3.88. The molecule has 0 saturated carbocycles. The number of guanidine groups is 1. The number of aliphatic imine (C=N–C) groups is 1. The van der Waals surface area contributed by atoms with Gasteiger partial charge in [-0.15, -0.1) is 24.0 Å². The lowest BCUT2D eigenvalue weighted by molar-refractivity contribution is 0.263. The van der Waals surface area contributed by atoms with Crippen molar-refractivity contribution in [3.8, 4) is 0 Å². The fraction of sp³-hybridized carbons (Fsp3) is 0.476. The van der Waals surface area contributed by atoms with Crippen LogP contribution in [0.1, 0.15) is 0 Å². The zero-order valence-corrected chi connectivity index (χ0v) is 19.9. The third kappa shape index (κ3) is 6.39. The second kappa shape index (κ2) is 11.4. The standard InChI is InChI=1S/C21H29FN8.HI/c22-18-2-4-19(5-3-18)28-14-16-29(17-15-28)20(23)24-8-9-27-10-12-30(13-11-27)21-25-6-1-7-26-21;/h1-7H,8-17H2,(H2,23,24);1H. The summed E-state index contributed by atoms with van der Waals surface area (Å²) in [6.45, 7) is 8.75. The first kappa shape index (κ1) is 23.5. The number of nitrogens with zero attached hydrogens (tertiary/aromatic N) is 7. The van der Waals surface area contributed by atoms with Crippen LogP contribution in [0.25, 0.3) is 0 Å². The van der Waals surface area contributed by atoms with Crippen molar-refractivity contribution in [2.75, 3.05) is 75.2 Å². The Labute approximate surface area is 200 Å². The van der Waals surface area contributed by atoms with E-state index in [1.165, 1.54) is 12.1 Å². The van der Waals surface area contributed by atoms with Crippen LogP contribution in [0.15, 0.2) is 47.7 Å². The van der Waals surface area contributed by atoms with Crippen molar-refractivity contribution in [3.05, 3.63) is 48.5 Å². The highest BCUT2D eigenvalue weighted by Crippen LogP contribution is 2.17. The average molecular weight is 540 g/mol. The zero-order valence-electron chi connectivity index (χ0n) is 17.6. The molecule has 2 fully saturated rings. The molecule has 0 atom stereocenters. The van der Waals surface area contributed by atoms with Gasteiger partial charge in [0.25, 0.3) is 0 Å². The fourth-order valence-electron chi connectivity index (χ4n) is 3.88. The van der Waals surface area contributed by atoms with E-state index in [1.807, 2.05) is 18.2 Å². The summed E-state index contributed by atoms with van der Waals surface area (Å²) in [6, 6.07) is 8.50. The maximum Gasteiger partial charge on any atom is 0.225 e. The van der Waals surface area contributed by atoms with E-state index in [1.54, 1.807) is 12.4 Å². The first-order valence-electron chi connectivity index (χ1n) is 10.5. The predicted molar refractivity (Wildman–Crippen MR) is 133 cm³/mol. The summed E-state index contributed by atoms with van der Waals surface area (Å²) >= 11 is 0. The average Bonchev–Trinajstić information content (AvgIpc) is 2.81. The van der Waals surface area contributed by atoms with Gasteiger partial charge in [-0.2, -0.15) is 0 Å². The van der Waals surface area contributed by atoms with Gasteiger partial charge < -0.3 is 20.4 Å². The van der Waals surface area contributed by atoms with Gasteiger partial charge in [-0.25, -0.2) is 14.4 Å². The number of hydrogen-bond acceptors (Lipinski definition) is 6. The van der Waals surface area contributed by atoms with Crippen LogP contribution in [0, 0.1) is 5.82 Å². The minimum atomic E-state index is -0.205. The smallest absolute Gasteiger partial charge is 0.225 e. The first-order chi connectivity index (χ1) is 14.7. The third-order valence-electron chi connectivity index (χ3n) is 5.69.